The van der Waals surface area contributed by atoms with Crippen LogP contribution >= 0.6 is 0 Å². The van der Waals surface area contributed by atoms with Crippen LogP contribution in [0.15, 0.2) is 36.5 Å². The Morgan fingerprint density at radius 2 is 1.82 bits per heavy atom. The molecule has 1 heterocycles. The van der Waals surface area contributed by atoms with Crippen molar-refractivity contribution >= 4 is 5.95 Å². The smallest absolute Gasteiger partial charge is 0.228 e. The van der Waals surface area contributed by atoms with E-state index in [0.29, 0.717) is 24.1 Å². The van der Waals surface area contributed by atoms with E-state index < -0.39 is 0 Å². The predicted octanol–water partition coefficient (Wildman–Crippen LogP) is 2.48. The first-order chi connectivity index (χ1) is 10.6. The molecule has 1 N–H and O–H groups in total. The summed E-state index contributed by atoms with van der Waals surface area (Å²) in [4.78, 5) is 10.2. The van der Waals surface area contributed by atoms with Crippen molar-refractivity contribution in [3.8, 4) is 17.4 Å². The third kappa shape index (κ3) is 4.60. The quantitative estimate of drug-likeness (QED) is 0.847. The van der Waals surface area contributed by atoms with Gasteiger partial charge in [-0.2, -0.15) is 4.98 Å². The second-order valence-electron chi connectivity index (χ2n) is 5.08. The molecule has 6 nitrogen and oxygen atoms in total. The predicted molar refractivity (Wildman–Crippen MR) is 84.7 cm³/mol. The number of likely N-dealkylation sites (N-methyl/N-ethyl adjacent to an activating group) is 1. The first kappa shape index (κ1) is 16.0. The van der Waals surface area contributed by atoms with Crippen LogP contribution in [-0.4, -0.2) is 41.4 Å². The van der Waals surface area contributed by atoms with Crippen molar-refractivity contribution in [2.75, 3.05) is 25.1 Å². The lowest BCUT2D eigenvalue weighted by Crippen LogP contribution is -2.23. The second-order valence-corrected chi connectivity index (χ2v) is 5.08. The summed E-state index contributed by atoms with van der Waals surface area (Å²) in [7, 11) is 1.81. The summed E-state index contributed by atoms with van der Waals surface area (Å²) in [5.41, 5.74) is 0. The van der Waals surface area contributed by atoms with E-state index in [4.69, 9.17) is 14.6 Å². The largest absolute Gasteiger partial charge is 0.491 e. The topological polar surface area (TPSA) is 67.7 Å². The van der Waals surface area contributed by atoms with Crippen LogP contribution in [0.1, 0.15) is 13.8 Å². The number of hydrogen-bond acceptors (Lipinski definition) is 6. The van der Waals surface area contributed by atoms with Gasteiger partial charge in [0.1, 0.15) is 11.5 Å². The number of nitrogens with zero attached hydrogens (tertiary/aromatic N) is 3. The van der Waals surface area contributed by atoms with Gasteiger partial charge in [0.2, 0.25) is 11.8 Å². The monoisotopic (exact) mass is 303 g/mol. The fraction of sp³-hybridized carbons (Fsp3) is 0.375. The van der Waals surface area contributed by atoms with Crippen LogP contribution < -0.4 is 14.4 Å². The van der Waals surface area contributed by atoms with Gasteiger partial charge in [-0.05, 0) is 38.1 Å². The van der Waals surface area contributed by atoms with Crippen LogP contribution in [0.3, 0.4) is 0 Å². The zero-order valence-electron chi connectivity index (χ0n) is 13.1. The summed E-state index contributed by atoms with van der Waals surface area (Å²) >= 11 is 0. The van der Waals surface area contributed by atoms with Crippen LogP contribution in [0.4, 0.5) is 5.95 Å². The molecular formula is C16H21N3O3. The molecule has 6 heteroatoms. The van der Waals surface area contributed by atoms with Crippen LogP contribution in [0, 0.1) is 0 Å². The highest BCUT2D eigenvalue weighted by atomic mass is 16.5. The van der Waals surface area contributed by atoms with E-state index in [9.17, 15) is 0 Å². The van der Waals surface area contributed by atoms with Gasteiger partial charge in [0.15, 0.2) is 0 Å². The highest BCUT2D eigenvalue weighted by Gasteiger charge is 2.06. The van der Waals surface area contributed by atoms with Gasteiger partial charge in [0.05, 0.1) is 12.7 Å². The number of rotatable bonds is 7. The number of ether oxygens (including phenoxy) is 2. The minimum absolute atomic E-state index is 0.0439. The lowest BCUT2D eigenvalue weighted by atomic mass is 10.3. The molecule has 2 rings (SSSR count). The van der Waals surface area contributed by atoms with E-state index in [1.165, 1.54) is 0 Å². The minimum Gasteiger partial charge on any atom is -0.491 e. The van der Waals surface area contributed by atoms with E-state index >= 15 is 0 Å². The molecule has 0 fully saturated rings. The Labute approximate surface area is 130 Å². The lowest BCUT2D eigenvalue weighted by Gasteiger charge is -2.15. The van der Waals surface area contributed by atoms with Crippen molar-refractivity contribution in [3.63, 3.8) is 0 Å². The van der Waals surface area contributed by atoms with Gasteiger partial charge in [0, 0.05) is 25.9 Å². The summed E-state index contributed by atoms with van der Waals surface area (Å²) < 4.78 is 11.3. The Morgan fingerprint density at radius 1 is 1.14 bits per heavy atom. The van der Waals surface area contributed by atoms with Gasteiger partial charge in [-0.25, -0.2) is 4.98 Å². The Bertz CT molecular complexity index is 587. The van der Waals surface area contributed by atoms with Crippen molar-refractivity contribution in [1.29, 1.82) is 0 Å². The van der Waals surface area contributed by atoms with E-state index in [-0.39, 0.29) is 12.7 Å². The molecule has 1 aromatic heterocycles. The summed E-state index contributed by atoms with van der Waals surface area (Å²) in [6.45, 7) is 4.47. The van der Waals surface area contributed by atoms with Gasteiger partial charge in [-0.15, -0.1) is 0 Å². The molecule has 0 saturated carbocycles. The number of aliphatic hydroxyl groups excluding tert-OH is 1. The fourth-order valence-corrected chi connectivity index (χ4v) is 1.80. The van der Waals surface area contributed by atoms with Crippen molar-refractivity contribution in [2.45, 2.75) is 20.0 Å². The van der Waals surface area contributed by atoms with Gasteiger partial charge >= 0.3 is 0 Å². The fourth-order valence-electron chi connectivity index (χ4n) is 1.80. The van der Waals surface area contributed by atoms with E-state index in [0.717, 1.165) is 5.75 Å². The summed E-state index contributed by atoms with van der Waals surface area (Å²) in [5.74, 6) is 2.43. The van der Waals surface area contributed by atoms with Crippen LogP contribution in [0.5, 0.6) is 17.4 Å². The summed E-state index contributed by atoms with van der Waals surface area (Å²) in [5, 5.41) is 8.95. The van der Waals surface area contributed by atoms with E-state index in [1.807, 2.05) is 45.2 Å². The van der Waals surface area contributed by atoms with E-state index in [2.05, 4.69) is 9.97 Å². The van der Waals surface area contributed by atoms with Crippen LogP contribution in [0.25, 0.3) is 0 Å². The number of aromatic nitrogens is 2. The molecule has 0 bridgehead atoms. The van der Waals surface area contributed by atoms with Gasteiger partial charge < -0.3 is 19.5 Å². The van der Waals surface area contributed by atoms with Crippen LogP contribution in [-0.2, 0) is 0 Å². The molecule has 0 aliphatic carbocycles. The van der Waals surface area contributed by atoms with Gasteiger partial charge in [0.25, 0.3) is 0 Å². The Kier molecular flexibility index (Phi) is 5.55. The highest BCUT2D eigenvalue weighted by molar-refractivity contribution is 5.35. The Hall–Kier alpha value is -2.34. The number of anilines is 1. The molecule has 118 valence electrons. The molecule has 0 aliphatic rings. The SMILES string of the molecule is CC(C)Oc1ccc(Oc2ccnc(N(C)CCO)n2)cc1. The van der Waals surface area contributed by atoms with E-state index in [1.54, 1.807) is 17.2 Å². The molecule has 0 amide bonds. The average molecular weight is 303 g/mol. The number of hydrogen-bond donors (Lipinski definition) is 1. The van der Waals surface area contributed by atoms with Gasteiger partial charge in [-0.3, -0.25) is 0 Å². The maximum absolute atomic E-state index is 8.95. The van der Waals surface area contributed by atoms with Crippen molar-refractivity contribution < 1.29 is 14.6 Å². The third-order valence-electron chi connectivity index (χ3n) is 2.81. The minimum atomic E-state index is 0.0439. The van der Waals surface area contributed by atoms with Gasteiger partial charge in [-0.1, -0.05) is 0 Å². The molecule has 2 aromatic rings. The average Bonchev–Trinajstić information content (AvgIpc) is 2.49. The maximum atomic E-state index is 8.95. The zero-order valence-corrected chi connectivity index (χ0v) is 13.1. The third-order valence-corrected chi connectivity index (χ3v) is 2.81. The highest BCUT2D eigenvalue weighted by Crippen LogP contribution is 2.23. The molecule has 0 saturated heterocycles. The first-order valence-electron chi connectivity index (χ1n) is 7.18. The molecule has 0 aliphatic heterocycles. The van der Waals surface area contributed by atoms with Crippen molar-refractivity contribution in [3.05, 3.63) is 36.5 Å². The summed E-state index contributed by atoms with van der Waals surface area (Å²) in [6, 6.07) is 9.06. The molecule has 1 aromatic carbocycles. The number of benzene rings is 1. The Balaban J connectivity index is 2.05. The molecular weight excluding hydrogens is 282 g/mol. The number of aliphatic hydroxyl groups is 1. The maximum Gasteiger partial charge on any atom is 0.228 e. The molecule has 0 radical (unpaired) electrons. The second kappa shape index (κ2) is 7.61. The standard InChI is InChI=1S/C16H21N3O3/c1-12(2)21-13-4-6-14(7-5-13)22-15-8-9-17-16(18-15)19(3)10-11-20/h4-9,12,20H,10-11H2,1-3H3. The van der Waals surface area contributed by atoms with Crippen molar-refractivity contribution in [2.24, 2.45) is 0 Å². The molecule has 0 spiro atoms. The first-order valence-corrected chi connectivity index (χ1v) is 7.18. The lowest BCUT2D eigenvalue weighted by molar-refractivity contribution is 0.242. The molecule has 22 heavy (non-hydrogen) atoms. The Morgan fingerprint density at radius 3 is 2.45 bits per heavy atom. The summed E-state index contributed by atoms with van der Waals surface area (Å²) in [6.07, 6.45) is 1.76. The zero-order chi connectivity index (χ0) is 15.9. The normalized spacial score (nSPS) is 10.6. The van der Waals surface area contributed by atoms with Crippen LogP contribution in [0.2, 0.25) is 0 Å². The van der Waals surface area contributed by atoms with Crippen molar-refractivity contribution in [1.82, 2.24) is 9.97 Å². The molecule has 0 atom stereocenters. The molecule has 0 unspecified atom stereocenters.